The van der Waals surface area contributed by atoms with Crippen LogP contribution in [0.5, 0.6) is 0 Å². The molecule has 3 rings (SSSR count). The first-order chi connectivity index (χ1) is 11.7. The van der Waals surface area contributed by atoms with E-state index in [2.05, 4.69) is 28.3 Å². The number of aromatic nitrogens is 1. The van der Waals surface area contributed by atoms with Gasteiger partial charge in [-0.15, -0.1) is 0 Å². The lowest BCUT2D eigenvalue weighted by molar-refractivity contribution is -0.127. The van der Waals surface area contributed by atoms with Crippen molar-refractivity contribution in [1.29, 1.82) is 0 Å². The molecule has 0 unspecified atom stereocenters. The Labute approximate surface area is 143 Å². The van der Waals surface area contributed by atoms with Crippen LogP contribution in [0.4, 0.5) is 0 Å². The third kappa shape index (κ3) is 4.53. The summed E-state index contributed by atoms with van der Waals surface area (Å²) in [5.74, 6) is 0.355. The summed E-state index contributed by atoms with van der Waals surface area (Å²) >= 11 is 0. The molecule has 24 heavy (non-hydrogen) atoms. The van der Waals surface area contributed by atoms with E-state index in [0.29, 0.717) is 25.1 Å². The molecule has 132 valence electrons. The monoisotopic (exact) mass is 333 g/mol. The molecule has 1 aromatic heterocycles. The molecule has 0 radical (unpaired) electrons. The maximum absolute atomic E-state index is 12.0. The molecular weight excluding hydrogens is 306 g/mol. The maximum atomic E-state index is 12.0. The van der Waals surface area contributed by atoms with Gasteiger partial charge >= 0.3 is 0 Å². The Kier molecular flexibility index (Phi) is 6.18. The van der Waals surface area contributed by atoms with Crippen LogP contribution in [0.2, 0.25) is 0 Å². The van der Waals surface area contributed by atoms with E-state index < -0.39 is 0 Å². The van der Waals surface area contributed by atoms with Crippen LogP contribution in [0.25, 0.3) is 0 Å². The van der Waals surface area contributed by atoms with Gasteiger partial charge in [-0.05, 0) is 50.4 Å². The standard InChI is InChI=1S/C18H27N3O3/c1-21-8-6-15(18(21)14-4-2-7-19-10-14)11-20-17(22)13-23-12-16-5-3-9-24-16/h2,4,7,10,15-16,18H,3,5-6,8-9,11-13H2,1H3,(H,20,22)/t15-,16+,18-/m0/s1. The Balaban J connectivity index is 1.42. The van der Waals surface area contributed by atoms with Gasteiger partial charge in [0.05, 0.1) is 12.7 Å². The minimum atomic E-state index is -0.0486. The molecule has 0 bridgehead atoms. The fraction of sp³-hybridized carbons (Fsp3) is 0.667. The summed E-state index contributed by atoms with van der Waals surface area (Å²) in [4.78, 5) is 18.6. The van der Waals surface area contributed by atoms with Gasteiger partial charge in [-0.25, -0.2) is 0 Å². The van der Waals surface area contributed by atoms with Gasteiger partial charge in [0.15, 0.2) is 0 Å². The van der Waals surface area contributed by atoms with E-state index in [-0.39, 0.29) is 18.6 Å². The van der Waals surface area contributed by atoms with Gasteiger partial charge < -0.3 is 14.8 Å². The third-order valence-electron chi connectivity index (χ3n) is 4.92. The summed E-state index contributed by atoms with van der Waals surface area (Å²) in [5, 5.41) is 3.02. The zero-order valence-electron chi connectivity index (χ0n) is 14.3. The van der Waals surface area contributed by atoms with E-state index in [0.717, 1.165) is 32.4 Å². The van der Waals surface area contributed by atoms with Crippen LogP contribution in [-0.4, -0.2) is 61.9 Å². The first-order valence-electron chi connectivity index (χ1n) is 8.80. The summed E-state index contributed by atoms with van der Waals surface area (Å²) in [6.45, 7) is 3.14. The molecule has 0 saturated carbocycles. The van der Waals surface area contributed by atoms with E-state index in [1.165, 1.54) is 5.56 Å². The summed E-state index contributed by atoms with van der Waals surface area (Å²) < 4.78 is 11.0. The van der Waals surface area contributed by atoms with Crippen molar-refractivity contribution in [2.45, 2.75) is 31.4 Å². The number of carbonyl (C=O) groups excluding carboxylic acids is 1. The van der Waals surface area contributed by atoms with Crippen LogP contribution in [0.15, 0.2) is 24.5 Å². The molecule has 6 heteroatoms. The first kappa shape index (κ1) is 17.3. The van der Waals surface area contributed by atoms with Crippen molar-refractivity contribution in [2.24, 2.45) is 5.92 Å². The van der Waals surface area contributed by atoms with E-state index in [1.54, 1.807) is 6.20 Å². The number of nitrogens with one attached hydrogen (secondary N) is 1. The Bertz CT molecular complexity index is 520. The number of rotatable bonds is 7. The highest BCUT2D eigenvalue weighted by molar-refractivity contribution is 5.77. The van der Waals surface area contributed by atoms with E-state index >= 15 is 0 Å². The molecule has 2 fully saturated rings. The lowest BCUT2D eigenvalue weighted by Gasteiger charge is -2.25. The highest BCUT2D eigenvalue weighted by atomic mass is 16.5. The molecule has 2 aliphatic heterocycles. The van der Waals surface area contributed by atoms with Gasteiger partial charge in [0.25, 0.3) is 0 Å². The highest BCUT2D eigenvalue weighted by Gasteiger charge is 2.33. The van der Waals surface area contributed by atoms with Crippen LogP contribution in [0.3, 0.4) is 0 Å². The average Bonchev–Trinajstić information content (AvgIpc) is 3.23. The normalized spacial score (nSPS) is 27.5. The molecule has 0 aliphatic carbocycles. The van der Waals surface area contributed by atoms with Crippen LogP contribution in [0.1, 0.15) is 30.9 Å². The number of hydrogen-bond donors (Lipinski definition) is 1. The molecule has 0 spiro atoms. The van der Waals surface area contributed by atoms with Crippen molar-refractivity contribution in [3.8, 4) is 0 Å². The zero-order valence-corrected chi connectivity index (χ0v) is 14.3. The van der Waals surface area contributed by atoms with Crippen molar-refractivity contribution in [3.05, 3.63) is 30.1 Å². The van der Waals surface area contributed by atoms with Crippen molar-refractivity contribution in [1.82, 2.24) is 15.2 Å². The van der Waals surface area contributed by atoms with Gasteiger partial charge in [-0.2, -0.15) is 0 Å². The topological polar surface area (TPSA) is 63.7 Å². The van der Waals surface area contributed by atoms with Gasteiger partial charge in [-0.3, -0.25) is 14.7 Å². The van der Waals surface area contributed by atoms with Crippen LogP contribution < -0.4 is 5.32 Å². The predicted molar refractivity (Wildman–Crippen MR) is 90.5 cm³/mol. The summed E-state index contributed by atoms with van der Waals surface area (Å²) in [5.41, 5.74) is 1.21. The summed E-state index contributed by atoms with van der Waals surface area (Å²) in [7, 11) is 2.13. The highest BCUT2D eigenvalue weighted by Crippen LogP contribution is 2.35. The number of ether oxygens (including phenoxy) is 2. The van der Waals surface area contributed by atoms with Crippen LogP contribution in [-0.2, 0) is 14.3 Å². The van der Waals surface area contributed by atoms with Gasteiger partial charge in [0.2, 0.25) is 5.91 Å². The molecule has 2 saturated heterocycles. The number of carbonyl (C=O) groups is 1. The molecule has 6 nitrogen and oxygen atoms in total. The second-order valence-electron chi connectivity index (χ2n) is 6.71. The van der Waals surface area contributed by atoms with Crippen molar-refractivity contribution >= 4 is 5.91 Å². The molecule has 0 aromatic carbocycles. The maximum Gasteiger partial charge on any atom is 0.246 e. The Morgan fingerprint density at radius 1 is 1.50 bits per heavy atom. The minimum Gasteiger partial charge on any atom is -0.376 e. The van der Waals surface area contributed by atoms with Gasteiger partial charge in [0.1, 0.15) is 6.61 Å². The van der Waals surface area contributed by atoms with Crippen LogP contribution in [0, 0.1) is 5.92 Å². The fourth-order valence-electron chi connectivity index (χ4n) is 3.67. The quantitative estimate of drug-likeness (QED) is 0.817. The third-order valence-corrected chi connectivity index (χ3v) is 4.92. The summed E-state index contributed by atoms with van der Waals surface area (Å²) in [6, 6.07) is 4.39. The van der Waals surface area contributed by atoms with Crippen molar-refractivity contribution in [2.75, 3.05) is 40.0 Å². The number of amides is 1. The lowest BCUT2D eigenvalue weighted by atomic mass is 9.95. The fourth-order valence-corrected chi connectivity index (χ4v) is 3.67. The first-order valence-corrected chi connectivity index (χ1v) is 8.80. The number of likely N-dealkylation sites (tertiary alicyclic amines) is 1. The van der Waals surface area contributed by atoms with E-state index in [9.17, 15) is 4.79 Å². The second kappa shape index (κ2) is 8.55. The molecule has 1 N–H and O–H groups in total. The number of hydrogen-bond acceptors (Lipinski definition) is 5. The largest absolute Gasteiger partial charge is 0.376 e. The van der Waals surface area contributed by atoms with Crippen molar-refractivity contribution < 1.29 is 14.3 Å². The van der Waals surface area contributed by atoms with Crippen LogP contribution >= 0.6 is 0 Å². The van der Waals surface area contributed by atoms with E-state index in [4.69, 9.17) is 9.47 Å². The SMILES string of the molecule is CN1CC[C@@H](CNC(=O)COC[C@H]2CCCO2)[C@@H]1c1cccnc1. The lowest BCUT2D eigenvalue weighted by Crippen LogP contribution is -2.35. The molecule has 1 amide bonds. The van der Waals surface area contributed by atoms with Crippen molar-refractivity contribution in [3.63, 3.8) is 0 Å². The number of pyridine rings is 1. The minimum absolute atomic E-state index is 0.0486. The molecular formula is C18H27N3O3. The van der Waals surface area contributed by atoms with E-state index in [1.807, 2.05) is 12.3 Å². The van der Waals surface area contributed by atoms with Gasteiger partial charge in [0, 0.05) is 31.6 Å². The average molecular weight is 333 g/mol. The number of nitrogens with zero attached hydrogens (tertiary/aromatic N) is 2. The summed E-state index contributed by atoms with van der Waals surface area (Å²) in [6.07, 6.45) is 7.07. The predicted octanol–water partition coefficient (Wildman–Crippen LogP) is 1.39. The zero-order chi connectivity index (χ0) is 16.8. The molecule has 3 heterocycles. The Morgan fingerprint density at radius 2 is 2.42 bits per heavy atom. The molecule has 1 aromatic rings. The molecule has 3 atom stereocenters. The Hall–Kier alpha value is -1.50. The second-order valence-corrected chi connectivity index (χ2v) is 6.71. The Morgan fingerprint density at radius 3 is 3.17 bits per heavy atom. The smallest absolute Gasteiger partial charge is 0.246 e. The van der Waals surface area contributed by atoms with Gasteiger partial charge in [-0.1, -0.05) is 6.07 Å². The molecule has 2 aliphatic rings.